The second-order valence-electron chi connectivity index (χ2n) is 13.9. The third kappa shape index (κ3) is 8.93. The quantitative estimate of drug-likeness (QED) is 0.0971. The van der Waals surface area contributed by atoms with Gasteiger partial charge in [-0.1, -0.05) is 127 Å². The highest BCUT2D eigenvalue weighted by Crippen LogP contribution is 2.26. The summed E-state index contributed by atoms with van der Waals surface area (Å²) in [7, 11) is 4.70. The molecule has 7 rings (SSSR count). The van der Waals surface area contributed by atoms with Crippen molar-refractivity contribution >= 4 is 17.3 Å². The number of hydrogen-bond acceptors (Lipinski definition) is 6. The van der Waals surface area contributed by atoms with Crippen molar-refractivity contribution < 1.29 is 28.6 Å². The van der Waals surface area contributed by atoms with Gasteiger partial charge in [0.25, 0.3) is 0 Å². The molecule has 0 unspecified atom stereocenters. The van der Waals surface area contributed by atoms with Crippen LogP contribution in [0.3, 0.4) is 0 Å². The van der Waals surface area contributed by atoms with Gasteiger partial charge >= 0.3 is 0 Å². The van der Waals surface area contributed by atoms with E-state index < -0.39 is 0 Å². The van der Waals surface area contributed by atoms with Crippen molar-refractivity contribution in [3.63, 3.8) is 0 Å². The van der Waals surface area contributed by atoms with Gasteiger partial charge in [-0.05, 0) is 89.0 Å². The minimum absolute atomic E-state index is 0.0884. The van der Waals surface area contributed by atoms with Crippen LogP contribution in [0.4, 0.5) is 0 Å². The first-order valence-corrected chi connectivity index (χ1v) is 18.7. The molecule has 0 spiro atoms. The van der Waals surface area contributed by atoms with E-state index in [1.165, 1.54) is 0 Å². The summed E-state index contributed by atoms with van der Waals surface area (Å²) in [5.74, 6) is 1.38. The first-order valence-electron chi connectivity index (χ1n) is 18.7. The first kappa shape index (κ1) is 38.2. The zero-order chi connectivity index (χ0) is 39.7. The Kier molecular flexibility index (Phi) is 11.8. The fraction of sp³-hybridized carbons (Fsp3) is 0.118. The molecule has 7 aromatic carbocycles. The molecular weight excluding hydrogens is 709 g/mol. The van der Waals surface area contributed by atoms with E-state index in [1.54, 1.807) is 57.7 Å². The van der Waals surface area contributed by atoms with Gasteiger partial charge in [0.1, 0.15) is 17.2 Å². The van der Waals surface area contributed by atoms with Gasteiger partial charge in [0.2, 0.25) is 0 Å². The topological polar surface area (TPSA) is 78.9 Å². The van der Waals surface area contributed by atoms with Gasteiger partial charge in [0.15, 0.2) is 17.3 Å². The number of rotatable bonds is 15. The molecule has 282 valence electrons. The Morgan fingerprint density at radius 3 is 0.825 bits per heavy atom. The summed E-state index contributed by atoms with van der Waals surface area (Å²) in [4.78, 5) is 40.0. The molecule has 0 heterocycles. The Bertz CT molecular complexity index is 2240. The van der Waals surface area contributed by atoms with E-state index in [0.29, 0.717) is 69.9 Å². The molecule has 0 bridgehead atoms. The van der Waals surface area contributed by atoms with Crippen LogP contribution < -0.4 is 14.2 Å². The fourth-order valence-electron chi connectivity index (χ4n) is 7.14. The molecule has 0 fully saturated rings. The molecule has 6 heteroatoms. The maximum Gasteiger partial charge on any atom is 0.196 e. The summed E-state index contributed by atoms with van der Waals surface area (Å²) < 4.78 is 16.3. The Morgan fingerprint density at radius 2 is 0.579 bits per heavy atom. The van der Waals surface area contributed by atoms with Crippen LogP contribution in [0.15, 0.2) is 164 Å². The summed E-state index contributed by atoms with van der Waals surface area (Å²) in [5.41, 5.74) is 10.0. The Hall–Kier alpha value is -7.05. The van der Waals surface area contributed by atoms with Crippen molar-refractivity contribution in [3.05, 3.63) is 231 Å². The molecule has 0 atom stereocenters. The standard InChI is InChI=1S/C51H42O6/c1-55-46-13-7-4-10-43(46)49(52)40-22-16-34(17-23-40)28-37-31-38(29-35-18-24-41(25-19-35)50(53)44-11-5-8-14-47(44)56-2)33-39(32-37)30-36-20-26-42(27-21-36)51(54)45-12-6-9-15-48(45)57-3/h4-27,31-33H,28-30H2,1-3H3. The number of benzene rings is 7. The van der Waals surface area contributed by atoms with Crippen molar-refractivity contribution in [3.8, 4) is 17.2 Å². The van der Waals surface area contributed by atoms with E-state index in [2.05, 4.69) is 18.2 Å². The van der Waals surface area contributed by atoms with Gasteiger partial charge in [-0.25, -0.2) is 0 Å². The van der Waals surface area contributed by atoms with Crippen molar-refractivity contribution in [1.82, 2.24) is 0 Å². The maximum atomic E-state index is 13.3. The average molecular weight is 751 g/mol. The van der Waals surface area contributed by atoms with E-state index in [4.69, 9.17) is 14.2 Å². The van der Waals surface area contributed by atoms with E-state index in [9.17, 15) is 14.4 Å². The Balaban J connectivity index is 1.14. The molecule has 0 aliphatic carbocycles. The predicted octanol–water partition coefficient (Wildman–Crippen LogP) is 10.2. The molecule has 0 radical (unpaired) electrons. The number of para-hydroxylation sites is 3. The van der Waals surface area contributed by atoms with Crippen LogP contribution in [0.25, 0.3) is 0 Å². The summed E-state index contributed by atoms with van der Waals surface area (Å²) in [6.07, 6.45) is 2.01. The van der Waals surface area contributed by atoms with Crippen LogP contribution >= 0.6 is 0 Å². The summed E-state index contributed by atoms with van der Waals surface area (Å²) in [6.45, 7) is 0. The lowest BCUT2D eigenvalue weighted by molar-refractivity contribution is 0.102. The first-order chi connectivity index (χ1) is 27.8. The molecule has 0 aliphatic heterocycles. The van der Waals surface area contributed by atoms with E-state index in [1.807, 2.05) is 109 Å². The van der Waals surface area contributed by atoms with Crippen LogP contribution in [-0.2, 0) is 19.3 Å². The lowest BCUT2D eigenvalue weighted by atomic mass is 9.92. The normalized spacial score (nSPS) is 10.8. The zero-order valence-electron chi connectivity index (χ0n) is 32.2. The van der Waals surface area contributed by atoms with Gasteiger partial charge in [-0.2, -0.15) is 0 Å². The largest absolute Gasteiger partial charge is 0.496 e. The fourth-order valence-corrected chi connectivity index (χ4v) is 7.14. The molecule has 57 heavy (non-hydrogen) atoms. The van der Waals surface area contributed by atoms with Crippen LogP contribution in [0.2, 0.25) is 0 Å². The number of carbonyl (C=O) groups excluding carboxylic acids is 3. The van der Waals surface area contributed by atoms with Gasteiger partial charge in [0.05, 0.1) is 38.0 Å². The molecule has 6 nitrogen and oxygen atoms in total. The third-order valence-corrected chi connectivity index (χ3v) is 10.0. The lowest BCUT2D eigenvalue weighted by Gasteiger charge is -2.13. The second-order valence-corrected chi connectivity index (χ2v) is 13.9. The molecule has 0 saturated carbocycles. The zero-order valence-corrected chi connectivity index (χ0v) is 32.2. The van der Waals surface area contributed by atoms with E-state index in [-0.39, 0.29) is 17.3 Å². The molecule has 0 saturated heterocycles. The van der Waals surface area contributed by atoms with Crippen molar-refractivity contribution in [1.29, 1.82) is 0 Å². The number of ketones is 3. The van der Waals surface area contributed by atoms with Crippen LogP contribution in [0.5, 0.6) is 17.2 Å². The second kappa shape index (κ2) is 17.6. The summed E-state index contributed by atoms with van der Waals surface area (Å²) >= 11 is 0. The highest BCUT2D eigenvalue weighted by Gasteiger charge is 2.17. The van der Waals surface area contributed by atoms with Gasteiger partial charge in [-0.3, -0.25) is 14.4 Å². The number of carbonyl (C=O) groups is 3. The monoisotopic (exact) mass is 750 g/mol. The van der Waals surface area contributed by atoms with Crippen LogP contribution in [-0.4, -0.2) is 38.7 Å². The SMILES string of the molecule is COc1ccccc1C(=O)c1ccc(Cc2cc(Cc3ccc(C(=O)c4ccccc4OC)cc3)cc(Cc3ccc(C(=O)c4ccccc4OC)cc3)c2)cc1. The molecular formula is C51H42O6. The minimum atomic E-state index is -0.0884. The van der Waals surface area contributed by atoms with Crippen molar-refractivity contribution in [2.75, 3.05) is 21.3 Å². The van der Waals surface area contributed by atoms with Crippen LogP contribution in [0.1, 0.15) is 81.1 Å². The predicted molar refractivity (Wildman–Crippen MR) is 223 cm³/mol. The smallest absolute Gasteiger partial charge is 0.196 e. The number of ether oxygens (including phenoxy) is 3. The molecule has 0 aliphatic rings. The number of hydrogen-bond donors (Lipinski definition) is 0. The van der Waals surface area contributed by atoms with Crippen molar-refractivity contribution in [2.24, 2.45) is 0 Å². The summed E-state index contributed by atoms with van der Waals surface area (Å²) in [5, 5.41) is 0. The van der Waals surface area contributed by atoms with Gasteiger partial charge in [0, 0.05) is 16.7 Å². The Labute approximate surface area is 333 Å². The highest BCUT2D eigenvalue weighted by atomic mass is 16.5. The summed E-state index contributed by atoms with van der Waals surface area (Å²) in [6, 6.07) is 51.7. The Morgan fingerprint density at radius 1 is 0.333 bits per heavy atom. The average Bonchev–Trinajstić information content (AvgIpc) is 3.26. The maximum absolute atomic E-state index is 13.3. The van der Waals surface area contributed by atoms with Crippen LogP contribution in [0, 0.1) is 0 Å². The number of methoxy groups -OCH3 is 3. The van der Waals surface area contributed by atoms with Crippen molar-refractivity contribution in [2.45, 2.75) is 19.3 Å². The van der Waals surface area contributed by atoms with Gasteiger partial charge in [-0.15, -0.1) is 0 Å². The highest BCUT2D eigenvalue weighted by molar-refractivity contribution is 6.12. The van der Waals surface area contributed by atoms with E-state index in [0.717, 1.165) is 33.4 Å². The third-order valence-electron chi connectivity index (χ3n) is 10.0. The molecule has 0 aromatic heterocycles. The molecule has 0 amide bonds. The lowest BCUT2D eigenvalue weighted by Crippen LogP contribution is -2.04. The molecule has 0 N–H and O–H groups in total. The van der Waals surface area contributed by atoms with E-state index >= 15 is 0 Å². The van der Waals surface area contributed by atoms with Gasteiger partial charge < -0.3 is 14.2 Å². The molecule has 7 aromatic rings. The minimum Gasteiger partial charge on any atom is -0.496 e.